The van der Waals surface area contributed by atoms with E-state index in [4.69, 9.17) is 15.9 Å². The zero-order valence-corrected chi connectivity index (χ0v) is 11.1. The fraction of sp³-hybridized carbons (Fsp3) is 0.0625. The normalized spacial score (nSPS) is 11.4. The number of carbonyl (C=O) groups is 1. The van der Waals surface area contributed by atoms with E-state index >= 15 is 0 Å². The lowest BCUT2D eigenvalue weighted by atomic mass is 9.99. The first-order valence-electron chi connectivity index (χ1n) is 6.20. The molecule has 21 heavy (non-hydrogen) atoms. The Labute approximate surface area is 121 Å². The highest BCUT2D eigenvalue weighted by Crippen LogP contribution is 2.22. The molecule has 0 aliphatic carbocycles. The Morgan fingerprint density at radius 3 is 2.14 bits per heavy atom. The van der Waals surface area contributed by atoms with Gasteiger partial charge in [-0.2, -0.15) is 0 Å². The van der Waals surface area contributed by atoms with E-state index in [0.29, 0.717) is 16.7 Å². The van der Waals surface area contributed by atoms with Gasteiger partial charge >= 0.3 is 6.47 Å². The maximum Gasteiger partial charge on any atom is 0.418 e. The second-order valence-corrected chi connectivity index (χ2v) is 4.35. The molecule has 0 aliphatic heterocycles. The highest BCUT2D eigenvalue weighted by atomic mass is 16.5. The van der Waals surface area contributed by atoms with Crippen LogP contribution in [0, 0.1) is 5.41 Å². The van der Waals surface area contributed by atoms with E-state index in [2.05, 4.69) is 0 Å². The van der Waals surface area contributed by atoms with Gasteiger partial charge in [0, 0.05) is 16.7 Å². The van der Waals surface area contributed by atoms with Crippen LogP contribution in [0.1, 0.15) is 27.6 Å². The number of ketones is 1. The van der Waals surface area contributed by atoms with Crippen molar-refractivity contribution < 1.29 is 14.3 Å². The molecule has 0 aromatic heterocycles. The van der Waals surface area contributed by atoms with Crippen molar-refractivity contribution in [2.45, 2.75) is 6.10 Å². The van der Waals surface area contributed by atoms with Crippen LogP contribution < -0.4 is 5.73 Å². The Morgan fingerprint density at radius 1 is 1.05 bits per heavy atom. The van der Waals surface area contributed by atoms with Crippen molar-refractivity contribution in [3.05, 3.63) is 71.3 Å². The van der Waals surface area contributed by atoms with Gasteiger partial charge in [-0.25, -0.2) is 4.79 Å². The summed E-state index contributed by atoms with van der Waals surface area (Å²) in [5.74, 6) is -0.439. The van der Waals surface area contributed by atoms with Crippen LogP contribution in [0.3, 0.4) is 0 Å². The summed E-state index contributed by atoms with van der Waals surface area (Å²) in [6.45, 7) is 1.32. The lowest BCUT2D eigenvalue weighted by Gasteiger charge is -2.14. The zero-order valence-electron chi connectivity index (χ0n) is 11.1. The van der Waals surface area contributed by atoms with Crippen molar-refractivity contribution in [1.82, 2.24) is 0 Å². The Hall–Kier alpha value is -2.95. The molecule has 0 fully saturated rings. The molecule has 105 valence electrons. The molecular formula is C16H13N2O3. The van der Waals surface area contributed by atoms with Gasteiger partial charge in [0.15, 0.2) is 6.10 Å². The van der Waals surface area contributed by atoms with Crippen LogP contribution in [0.4, 0.5) is 0 Å². The molecule has 0 amide bonds. The van der Waals surface area contributed by atoms with Crippen LogP contribution in [0.15, 0.2) is 54.6 Å². The molecule has 5 heteroatoms. The highest BCUT2D eigenvalue weighted by molar-refractivity contribution is 6.02. The van der Waals surface area contributed by atoms with Crippen molar-refractivity contribution in [3.8, 4) is 0 Å². The van der Waals surface area contributed by atoms with E-state index < -0.39 is 6.10 Å². The molecule has 3 N–H and O–H groups in total. The molecule has 0 saturated heterocycles. The van der Waals surface area contributed by atoms with Crippen molar-refractivity contribution in [2.24, 2.45) is 5.73 Å². The predicted molar refractivity (Wildman–Crippen MR) is 77.8 cm³/mol. The standard InChI is InChI=1S/C16H13N2O3/c17-16(18)13-8-6-11(7-9-13)14(20)15(21-10-19)12-4-2-1-3-5-12/h1-9,15H,(H3,17,18). The number of hydrogen-bond acceptors (Lipinski definition) is 4. The third-order valence-electron chi connectivity index (χ3n) is 2.99. The monoisotopic (exact) mass is 281 g/mol. The van der Waals surface area contributed by atoms with Crippen molar-refractivity contribution in [2.75, 3.05) is 0 Å². The van der Waals surface area contributed by atoms with Gasteiger partial charge in [0.2, 0.25) is 5.78 Å². The summed E-state index contributed by atoms with van der Waals surface area (Å²) in [6.07, 6.45) is -1.04. The van der Waals surface area contributed by atoms with E-state index in [1.165, 1.54) is 6.47 Å². The quantitative estimate of drug-likeness (QED) is 0.481. The molecule has 0 saturated carbocycles. The van der Waals surface area contributed by atoms with Crippen molar-refractivity contribution in [1.29, 1.82) is 5.41 Å². The smallest absolute Gasteiger partial charge is 0.418 e. The first kappa shape index (κ1) is 14.5. The molecule has 2 aromatic rings. The zero-order chi connectivity index (χ0) is 15.2. The summed E-state index contributed by atoms with van der Waals surface area (Å²) in [4.78, 5) is 23.0. The van der Waals surface area contributed by atoms with Crippen LogP contribution >= 0.6 is 0 Å². The van der Waals surface area contributed by atoms with Gasteiger partial charge < -0.3 is 10.5 Å². The molecule has 1 unspecified atom stereocenters. The number of rotatable bonds is 6. The van der Waals surface area contributed by atoms with Crippen molar-refractivity contribution >= 4 is 18.1 Å². The second kappa shape index (κ2) is 6.47. The second-order valence-electron chi connectivity index (χ2n) is 4.35. The van der Waals surface area contributed by atoms with E-state index in [1.54, 1.807) is 54.6 Å². The number of Topliss-reactive ketones (excluding diaryl/α,β-unsaturated/α-hetero) is 1. The minimum absolute atomic E-state index is 0.0777. The molecule has 1 radical (unpaired) electrons. The van der Waals surface area contributed by atoms with E-state index in [9.17, 15) is 9.59 Å². The van der Waals surface area contributed by atoms with E-state index in [-0.39, 0.29) is 11.6 Å². The molecule has 1 atom stereocenters. The third-order valence-corrected chi connectivity index (χ3v) is 2.99. The summed E-state index contributed by atoms with van der Waals surface area (Å²) < 4.78 is 4.80. The van der Waals surface area contributed by atoms with Crippen molar-refractivity contribution in [3.63, 3.8) is 0 Å². The summed E-state index contributed by atoms with van der Waals surface area (Å²) in [7, 11) is 0. The fourth-order valence-corrected chi connectivity index (χ4v) is 1.91. The van der Waals surface area contributed by atoms with E-state index in [1.807, 2.05) is 0 Å². The van der Waals surface area contributed by atoms with E-state index in [0.717, 1.165) is 0 Å². The van der Waals surface area contributed by atoms with Crippen LogP contribution in [0.25, 0.3) is 0 Å². The van der Waals surface area contributed by atoms with Gasteiger partial charge in [-0.1, -0.05) is 54.6 Å². The SMILES string of the molecule is N=C(N)c1ccc(C(=O)C(O[C]=O)c2ccccc2)cc1. The Bertz CT molecular complexity index is 651. The Kier molecular flexibility index (Phi) is 4.46. The minimum atomic E-state index is -1.04. The van der Waals surface area contributed by atoms with Gasteiger partial charge in [-0.3, -0.25) is 10.2 Å². The van der Waals surface area contributed by atoms with Gasteiger partial charge in [-0.05, 0) is 0 Å². The Morgan fingerprint density at radius 2 is 1.62 bits per heavy atom. The number of nitrogens with two attached hydrogens (primary N) is 1. The number of amidine groups is 1. The average Bonchev–Trinajstić information content (AvgIpc) is 2.53. The number of benzene rings is 2. The van der Waals surface area contributed by atoms with Gasteiger partial charge in [0.25, 0.3) is 0 Å². The Balaban J connectivity index is 2.30. The predicted octanol–water partition coefficient (Wildman–Crippen LogP) is 1.98. The summed E-state index contributed by atoms with van der Waals surface area (Å²) in [6, 6.07) is 14.9. The molecule has 0 heterocycles. The first-order valence-corrected chi connectivity index (χ1v) is 6.20. The van der Waals surface area contributed by atoms with Crippen LogP contribution in [0.5, 0.6) is 0 Å². The molecule has 5 nitrogen and oxygen atoms in total. The molecule has 0 aliphatic rings. The molecule has 0 spiro atoms. The lowest BCUT2D eigenvalue weighted by molar-refractivity contribution is 0.0763. The number of hydrogen-bond donors (Lipinski definition) is 2. The lowest BCUT2D eigenvalue weighted by Crippen LogP contribution is -2.16. The maximum atomic E-state index is 12.4. The largest absolute Gasteiger partial charge is 0.441 e. The number of nitrogens with one attached hydrogen (secondary N) is 1. The number of ether oxygens (including phenoxy) is 1. The average molecular weight is 281 g/mol. The first-order chi connectivity index (χ1) is 10.1. The number of nitrogen functional groups attached to an aromatic ring is 1. The fourth-order valence-electron chi connectivity index (χ4n) is 1.91. The topological polar surface area (TPSA) is 93.2 Å². The minimum Gasteiger partial charge on any atom is -0.441 e. The summed E-state index contributed by atoms with van der Waals surface area (Å²) >= 11 is 0. The van der Waals surface area contributed by atoms with Crippen LogP contribution in [-0.2, 0) is 9.53 Å². The van der Waals surface area contributed by atoms with Crippen LogP contribution in [0.2, 0.25) is 0 Å². The number of carbonyl (C=O) groups excluding carboxylic acids is 2. The van der Waals surface area contributed by atoms with Gasteiger partial charge in [0.1, 0.15) is 5.84 Å². The molecule has 2 aromatic carbocycles. The summed E-state index contributed by atoms with van der Waals surface area (Å²) in [5.41, 5.74) is 6.82. The maximum absolute atomic E-state index is 12.4. The summed E-state index contributed by atoms with van der Waals surface area (Å²) in [5, 5.41) is 7.32. The highest BCUT2D eigenvalue weighted by Gasteiger charge is 2.23. The molecule has 0 bridgehead atoms. The van der Waals surface area contributed by atoms with Gasteiger partial charge in [0.05, 0.1) is 0 Å². The van der Waals surface area contributed by atoms with Gasteiger partial charge in [-0.15, -0.1) is 0 Å². The van der Waals surface area contributed by atoms with Crippen LogP contribution in [-0.4, -0.2) is 18.1 Å². The molecule has 2 rings (SSSR count). The molecular weight excluding hydrogens is 268 g/mol. The third kappa shape index (κ3) is 3.33.